The van der Waals surface area contributed by atoms with Crippen molar-refractivity contribution >= 4 is 40.7 Å². The van der Waals surface area contributed by atoms with Gasteiger partial charge in [-0.25, -0.2) is 0 Å². The molecule has 0 fully saturated rings. The molecule has 5 aromatic rings. The number of rotatable bonds is 11. The molecule has 0 atom stereocenters. The summed E-state index contributed by atoms with van der Waals surface area (Å²) in [6, 6.07) is 9.32. The summed E-state index contributed by atoms with van der Waals surface area (Å²) in [6.45, 7) is 0. The molecule has 0 bridgehead atoms. The fourth-order valence-corrected chi connectivity index (χ4v) is 11.9. The van der Waals surface area contributed by atoms with Crippen LogP contribution in [0.1, 0.15) is 22.3 Å². The van der Waals surface area contributed by atoms with Gasteiger partial charge in [0.05, 0.1) is 22.3 Å². The highest BCUT2D eigenvalue weighted by Crippen LogP contribution is 2.71. The summed E-state index contributed by atoms with van der Waals surface area (Å²) in [5.41, 5.74) is -14.4. The standard InChI is InChI=1S/C35H19F15O9S4/c36-31(37,38)20-14-21(32(39,40)41)17-29(16-20)61(51,52)57-24-6-10-27(11-7-24)60(26-4-2-1-3-5-26,59-63(55,56)35(48,49)50)28-12-8-25(9-13-28)58-62(53,54)30-18-22(33(42,43)44)15-23(19-30)34(45,46)47/h1-19H. The molecule has 0 aromatic heterocycles. The van der Waals surface area contributed by atoms with Gasteiger partial charge in [0.15, 0.2) is 0 Å². The van der Waals surface area contributed by atoms with Crippen LogP contribution >= 0.6 is 10.3 Å². The maximum Gasteiger partial charge on any atom is 0.524 e. The van der Waals surface area contributed by atoms with Gasteiger partial charge >= 0.3 is 60.6 Å². The van der Waals surface area contributed by atoms with Crippen molar-refractivity contribution in [3.8, 4) is 11.5 Å². The Morgan fingerprint density at radius 1 is 0.349 bits per heavy atom. The molecule has 0 aliphatic carbocycles. The van der Waals surface area contributed by atoms with Crippen molar-refractivity contribution in [2.24, 2.45) is 0 Å². The first-order valence-corrected chi connectivity index (χ1v) is 21.9. The highest BCUT2D eigenvalue weighted by molar-refractivity contribution is 8.33. The molecular formula is C35H19F15O9S4. The van der Waals surface area contributed by atoms with Gasteiger partial charge in [-0.15, -0.1) is 0 Å². The molecule has 63 heavy (non-hydrogen) atoms. The van der Waals surface area contributed by atoms with E-state index < -0.39 is 129 Å². The SMILES string of the molecule is O=S(=O)(Oc1ccc(S(OS(=O)(=O)C(F)(F)F)(c2ccccc2)c2ccc(OS(=O)(=O)c3cc(C(F)(F)F)cc(C(F)(F)F)c3)cc2)cc1)c1cc(C(F)(F)F)cc(C(F)(F)F)c1. The number of hydrogen-bond acceptors (Lipinski definition) is 9. The third kappa shape index (κ3) is 10.8. The molecule has 0 aliphatic rings. The van der Waals surface area contributed by atoms with Crippen LogP contribution in [0.5, 0.6) is 11.5 Å². The van der Waals surface area contributed by atoms with Crippen molar-refractivity contribution in [1.29, 1.82) is 0 Å². The Morgan fingerprint density at radius 3 is 0.905 bits per heavy atom. The summed E-state index contributed by atoms with van der Waals surface area (Å²) in [5.74, 6) is -1.83. The molecule has 0 spiro atoms. The van der Waals surface area contributed by atoms with Crippen molar-refractivity contribution in [3.63, 3.8) is 0 Å². The molecule has 0 unspecified atom stereocenters. The van der Waals surface area contributed by atoms with Crippen molar-refractivity contribution in [2.45, 2.75) is 54.7 Å². The van der Waals surface area contributed by atoms with Gasteiger partial charge in [0.1, 0.15) is 21.3 Å². The predicted molar refractivity (Wildman–Crippen MR) is 186 cm³/mol. The van der Waals surface area contributed by atoms with E-state index in [1.54, 1.807) is 0 Å². The topological polar surface area (TPSA) is 130 Å². The van der Waals surface area contributed by atoms with Crippen LogP contribution in [0.25, 0.3) is 0 Å². The van der Waals surface area contributed by atoms with E-state index in [0.717, 1.165) is 12.1 Å². The Morgan fingerprint density at radius 2 is 0.635 bits per heavy atom. The number of benzene rings is 5. The average Bonchev–Trinajstić information content (AvgIpc) is 3.15. The summed E-state index contributed by atoms with van der Waals surface area (Å²) in [7, 11) is -22.3. The van der Waals surface area contributed by atoms with E-state index in [2.05, 4.69) is 0 Å². The van der Waals surface area contributed by atoms with Crippen LogP contribution in [0, 0.1) is 0 Å². The lowest BCUT2D eigenvalue weighted by molar-refractivity contribution is -0.145. The van der Waals surface area contributed by atoms with Gasteiger partial charge in [-0.1, -0.05) is 18.2 Å². The molecule has 0 saturated heterocycles. The second kappa shape index (κ2) is 16.4. The first kappa shape index (κ1) is 48.8. The average molecular weight is 997 g/mol. The maximum absolute atomic E-state index is 14.0. The lowest BCUT2D eigenvalue weighted by Gasteiger charge is -2.39. The van der Waals surface area contributed by atoms with Crippen molar-refractivity contribution in [2.75, 3.05) is 0 Å². The van der Waals surface area contributed by atoms with Gasteiger partial charge in [-0.3, -0.25) is 0 Å². The van der Waals surface area contributed by atoms with Gasteiger partial charge in [0.25, 0.3) is 0 Å². The molecule has 342 valence electrons. The Hall–Kier alpha value is -5.19. The molecule has 9 nitrogen and oxygen atoms in total. The summed E-state index contributed by atoms with van der Waals surface area (Å²) in [6.07, 6.45) is -22.0. The second-order valence-electron chi connectivity index (χ2n) is 12.3. The van der Waals surface area contributed by atoms with Crippen molar-refractivity contribution < 1.29 is 103 Å². The third-order valence-electron chi connectivity index (χ3n) is 7.97. The Bertz CT molecular complexity index is 2610. The minimum absolute atomic E-state index is 0.183. The van der Waals surface area contributed by atoms with Gasteiger partial charge < -0.3 is 8.37 Å². The summed E-state index contributed by atoms with van der Waals surface area (Å²) in [5, 5.41) is 0. The predicted octanol–water partition coefficient (Wildman–Crippen LogP) is 11.4. The van der Waals surface area contributed by atoms with E-state index in [1.165, 1.54) is 18.2 Å². The van der Waals surface area contributed by atoms with Crippen LogP contribution in [-0.2, 0) is 58.7 Å². The van der Waals surface area contributed by atoms with Gasteiger partial charge in [0.2, 0.25) is 0 Å². The van der Waals surface area contributed by atoms with Crippen LogP contribution < -0.4 is 8.37 Å². The molecule has 0 amide bonds. The lowest BCUT2D eigenvalue weighted by Crippen LogP contribution is -2.27. The fraction of sp³-hybridized carbons (Fsp3) is 0.143. The monoisotopic (exact) mass is 996 g/mol. The van der Waals surface area contributed by atoms with Crippen LogP contribution in [-0.4, -0.2) is 30.8 Å². The van der Waals surface area contributed by atoms with Crippen LogP contribution in [0.3, 0.4) is 0 Å². The van der Waals surface area contributed by atoms with E-state index in [9.17, 15) is 91.1 Å². The zero-order valence-corrected chi connectivity index (χ0v) is 33.2. The van der Waals surface area contributed by atoms with Crippen molar-refractivity contribution in [3.05, 3.63) is 138 Å². The van der Waals surface area contributed by atoms with Crippen molar-refractivity contribution in [1.82, 2.24) is 0 Å². The number of alkyl halides is 15. The molecule has 5 aromatic carbocycles. The summed E-state index contributed by atoms with van der Waals surface area (Å²) in [4.78, 5) is -4.90. The van der Waals surface area contributed by atoms with Crippen LogP contribution in [0.4, 0.5) is 65.9 Å². The van der Waals surface area contributed by atoms with Gasteiger partial charge in [-0.05, 0) is 107 Å². The largest absolute Gasteiger partial charge is 0.524 e. The van der Waals surface area contributed by atoms with Gasteiger partial charge in [-0.2, -0.15) is 94.7 Å². The highest BCUT2D eigenvalue weighted by Gasteiger charge is 2.53. The third-order valence-corrected chi connectivity index (χ3v) is 15.3. The summed E-state index contributed by atoms with van der Waals surface area (Å²) >= 11 is 0. The molecule has 0 N–H and O–H groups in total. The lowest BCUT2D eigenvalue weighted by atomic mass is 10.1. The smallest absolute Gasteiger partial charge is 0.379 e. The Balaban J connectivity index is 1.63. The van der Waals surface area contributed by atoms with E-state index in [4.69, 9.17) is 12.0 Å². The Kier molecular flexibility index (Phi) is 12.7. The molecule has 0 heterocycles. The summed E-state index contributed by atoms with van der Waals surface area (Å²) < 4.78 is 295. The maximum atomic E-state index is 14.0. The highest BCUT2D eigenvalue weighted by atomic mass is 32.3. The minimum atomic E-state index is -6.70. The fourth-order valence-electron chi connectivity index (χ4n) is 5.18. The molecular weight excluding hydrogens is 978 g/mol. The molecule has 0 aliphatic heterocycles. The quantitative estimate of drug-likeness (QED) is 0.0721. The first-order chi connectivity index (χ1) is 28.6. The van der Waals surface area contributed by atoms with E-state index in [1.807, 2.05) is 0 Å². The second-order valence-corrected chi connectivity index (χ2v) is 19.9. The normalized spacial score (nSPS) is 14.0. The van der Waals surface area contributed by atoms with E-state index in [0.29, 0.717) is 48.5 Å². The molecule has 5 rings (SSSR count). The molecule has 0 radical (unpaired) electrons. The molecule has 28 heteroatoms. The number of halogens is 15. The zero-order valence-electron chi connectivity index (χ0n) is 29.9. The van der Waals surface area contributed by atoms with Gasteiger partial charge in [0, 0.05) is 14.7 Å². The van der Waals surface area contributed by atoms with Crippen LogP contribution in [0.2, 0.25) is 0 Å². The number of hydrogen-bond donors (Lipinski definition) is 0. The van der Waals surface area contributed by atoms with E-state index in [-0.39, 0.29) is 36.4 Å². The van der Waals surface area contributed by atoms with Crippen LogP contribution in [0.15, 0.2) is 140 Å². The first-order valence-electron chi connectivity index (χ1n) is 16.2. The van der Waals surface area contributed by atoms with E-state index >= 15 is 0 Å². The minimum Gasteiger partial charge on any atom is -0.379 e. The Labute approximate surface area is 346 Å². The molecule has 0 saturated carbocycles. The zero-order chi connectivity index (χ0) is 47.4.